The van der Waals surface area contributed by atoms with Crippen molar-refractivity contribution in [2.24, 2.45) is 0 Å². The minimum Gasteiger partial charge on any atom is -0.322 e. The standard InChI is InChI=1S/C18H14FN3O/c1-12-16(18(23)22-15-5-3-2-4-6-15)11-20-17(21-12)13-7-9-14(19)10-8-13/h2-11H,1H3,(H,22,23). The van der Waals surface area contributed by atoms with Gasteiger partial charge in [0.05, 0.1) is 11.3 Å². The lowest BCUT2D eigenvalue weighted by atomic mass is 10.1. The van der Waals surface area contributed by atoms with Crippen molar-refractivity contribution in [2.75, 3.05) is 5.32 Å². The summed E-state index contributed by atoms with van der Waals surface area (Å²) in [6, 6.07) is 15.1. The van der Waals surface area contributed by atoms with E-state index in [2.05, 4.69) is 15.3 Å². The van der Waals surface area contributed by atoms with Gasteiger partial charge in [0.2, 0.25) is 0 Å². The molecule has 2 aromatic carbocycles. The van der Waals surface area contributed by atoms with Gasteiger partial charge >= 0.3 is 0 Å². The molecule has 0 saturated heterocycles. The maximum Gasteiger partial charge on any atom is 0.259 e. The number of aromatic nitrogens is 2. The molecule has 114 valence electrons. The zero-order valence-corrected chi connectivity index (χ0v) is 12.5. The number of carbonyl (C=O) groups excluding carboxylic acids is 1. The molecule has 0 aliphatic carbocycles. The van der Waals surface area contributed by atoms with E-state index in [1.54, 1.807) is 31.2 Å². The van der Waals surface area contributed by atoms with E-state index < -0.39 is 0 Å². The van der Waals surface area contributed by atoms with Crippen LogP contribution in [0.3, 0.4) is 0 Å². The molecule has 0 aliphatic rings. The highest BCUT2D eigenvalue weighted by Crippen LogP contribution is 2.17. The van der Waals surface area contributed by atoms with Crippen molar-refractivity contribution in [1.29, 1.82) is 0 Å². The maximum atomic E-state index is 13.0. The van der Waals surface area contributed by atoms with Crippen LogP contribution in [0.25, 0.3) is 11.4 Å². The molecule has 3 rings (SSSR count). The summed E-state index contributed by atoms with van der Waals surface area (Å²) < 4.78 is 13.0. The van der Waals surface area contributed by atoms with E-state index in [1.165, 1.54) is 18.3 Å². The van der Waals surface area contributed by atoms with Gasteiger partial charge in [0.25, 0.3) is 5.91 Å². The lowest BCUT2D eigenvalue weighted by Crippen LogP contribution is -2.15. The molecule has 0 bridgehead atoms. The number of benzene rings is 2. The maximum absolute atomic E-state index is 13.0. The first-order valence-corrected chi connectivity index (χ1v) is 7.09. The number of para-hydroxylation sites is 1. The molecule has 0 saturated carbocycles. The van der Waals surface area contributed by atoms with Gasteiger partial charge in [-0.2, -0.15) is 0 Å². The van der Waals surface area contributed by atoms with Gasteiger partial charge in [-0.05, 0) is 43.3 Å². The Morgan fingerprint density at radius 1 is 1.04 bits per heavy atom. The molecule has 4 nitrogen and oxygen atoms in total. The molecule has 0 radical (unpaired) electrons. The van der Waals surface area contributed by atoms with E-state index >= 15 is 0 Å². The first kappa shape index (κ1) is 14.8. The second-order valence-corrected chi connectivity index (χ2v) is 5.02. The van der Waals surface area contributed by atoms with Gasteiger partial charge in [0.15, 0.2) is 5.82 Å². The Bertz CT molecular complexity index is 833. The number of anilines is 1. The number of hydrogen-bond acceptors (Lipinski definition) is 3. The molecule has 5 heteroatoms. The lowest BCUT2D eigenvalue weighted by molar-refractivity contribution is 0.102. The Morgan fingerprint density at radius 3 is 2.39 bits per heavy atom. The second kappa shape index (κ2) is 6.36. The van der Waals surface area contributed by atoms with E-state index in [4.69, 9.17) is 0 Å². The first-order chi connectivity index (χ1) is 11.1. The molecule has 0 fully saturated rings. The fourth-order valence-electron chi connectivity index (χ4n) is 2.15. The third-order valence-electron chi connectivity index (χ3n) is 3.36. The van der Waals surface area contributed by atoms with Crippen molar-refractivity contribution < 1.29 is 9.18 Å². The number of nitrogens with one attached hydrogen (secondary N) is 1. The van der Waals surface area contributed by atoms with E-state index in [0.717, 1.165) is 0 Å². The van der Waals surface area contributed by atoms with Crippen molar-refractivity contribution in [3.63, 3.8) is 0 Å². The highest BCUT2D eigenvalue weighted by molar-refractivity contribution is 6.04. The van der Waals surface area contributed by atoms with Crippen LogP contribution in [0.5, 0.6) is 0 Å². The third-order valence-corrected chi connectivity index (χ3v) is 3.36. The Balaban J connectivity index is 1.84. The summed E-state index contributed by atoms with van der Waals surface area (Å²) in [5, 5.41) is 2.80. The number of carbonyl (C=O) groups is 1. The summed E-state index contributed by atoms with van der Waals surface area (Å²) in [6.07, 6.45) is 1.49. The van der Waals surface area contributed by atoms with Crippen LogP contribution < -0.4 is 5.32 Å². The molecule has 1 N–H and O–H groups in total. The molecule has 1 aromatic heterocycles. The predicted molar refractivity (Wildman–Crippen MR) is 86.6 cm³/mol. The first-order valence-electron chi connectivity index (χ1n) is 7.09. The smallest absolute Gasteiger partial charge is 0.259 e. The number of hydrogen-bond donors (Lipinski definition) is 1. The summed E-state index contributed by atoms with van der Waals surface area (Å²) in [7, 11) is 0. The van der Waals surface area contributed by atoms with Gasteiger partial charge in [-0.25, -0.2) is 14.4 Å². The summed E-state index contributed by atoms with van der Waals surface area (Å²) in [6.45, 7) is 1.74. The van der Waals surface area contributed by atoms with E-state index in [1.807, 2.05) is 18.2 Å². The quantitative estimate of drug-likeness (QED) is 0.799. The van der Waals surface area contributed by atoms with Crippen LogP contribution in [-0.2, 0) is 0 Å². The monoisotopic (exact) mass is 307 g/mol. The lowest BCUT2D eigenvalue weighted by Gasteiger charge is -2.08. The van der Waals surface area contributed by atoms with Gasteiger partial charge in [0, 0.05) is 17.4 Å². The Hall–Kier alpha value is -3.08. The zero-order chi connectivity index (χ0) is 16.2. The van der Waals surface area contributed by atoms with E-state index in [9.17, 15) is 9.18 Å². The van der Waals surface area contributed by atoms with Gasteiger partial charge in [0.1, 0.15) is 5.82 Å². The zero-order valence-electron chi connectivity index (χ0n) is 12.5. The van der Waals surface area contributed by atoms with Crippen molar-refractivity contribution in [2.45, 2.75) is 6.92 Å². The topological polar surface area (TPSA) is 54.9 Å². The van der Waals surface area contributed by atoms with Crippen molar-refractivity contribution in [3.05, 3.63) is 77.9 Å². The largest absolute Gasteiger partial charge is 0.322 e. The molecule has 3 aromatic rings. The highest BCUT2D eigenvalue weighted by Gasteiger charge is 2.12. The van der Waals surface area contributed by atoms with Gasteiger partial charge in [-0.15, -0.1) is 0 Å². The summed E-state index contributed by atoms with van der Waals surface area (Å²) in [5.41, 5.74) is 2.37. The Kier molecular flexibility index (Phi) is 4.10. The minimum absolute atomic E-state index is 0.264. The molecule has 0 spiro atoms. The average molecular weight is 307 g/mol. The summed E-state index contributed by atoms with van der Waals surface area (Å²) in [4.78, 5) is 20.8. The van der Waals surface area contributed by atoms with Gasteiger partial charge in [-0.3, -0.25) is 4.79 Å². The summed E-state index contributed by atoms with van der Waals surface area (Å²) in [5.74, 6) is -0.123. The van der Waals surface area contributed by atoms with Gasteiger partial charge < -0.3 is 5.32 Å². The molecule has 23 heavy (non-hydrogen) atoms. The van der Waals surface area contributed by atoms with Crippen LogP contribution in [0.4, 0.5) is 10.1 Å². The molecule has 1 heterocycles. The summed E-state index contributed by atoms with van der Waals surface area (Å²) >= 11 is 0. The molecule has 0 unspecified atom stereocenters. The van der Waals surface area contributed by atoms with E-state index in [-0.39, 0.29) is 11.7 Å². The fraction of sp³-hybridized carbons (Fsp3) is 0.0556. The SMILES string of the molecule is Cc1nc(-c2ccc(F)cc2)ncc1C(=O)Nc1ccccc1. The molecule has 1 amide bonds. The normalized spacial score (nSPS) is 10.3. The number of rotatable bonds is 3. The highest BCUT2D eigenvalue weighted by atomic mass is 19.1. The molecular formula is C18H14FN3O. The van der Waals surface area contributed by atoms with Crippen LogP contribution >= 0.6 is 0 Å². The molecule has 0 atom stereocenters. The molecule has 0 aliphatic heterocycles. The Morgan fingerprint density at radius 2 is 1.74 bits per heavy atom. The second-order valence-electron chi connectivity index (χ2n) is 5.02. The van der Waals surface area contributed by atoms with Gasteiger partial charge in [-0.1, -0.05) is 18.2 Å². The Labute approximate surface area is 133 Å². The number of halogens is 1. The van der Waals surface area contributed by atoms with Crippen LogP contribution in [0.1, 0.15) is 16.1 Å². The van der Waals surface area contributed by atoms with E-state index in [0.29, 0.717) is 28.3 Å². The van der Waals surface area contributed by atoms with Crippen molar-refractivity contribution in [3.8, 4) is 11.4 Å². The minimum atomic E-state index is -0.315. The van der Waals surface area contributed by atoms with Crippen molar-refractivity contribution in [1.82, 2.24) is 9.97 Å². The predicted octanol–water partition coefficient (Wildman–Crippen LogP) is 3.84. The van der Waals surface area contributed by atoms with Crippen LogP contribution in [0, 0.1) is 12.7 Å². The fourth-order valence-corrected chi connectivity index (χ4v) is 2.15. The van der Waals surface area contributed by atoms with Crippen molar-refractivity contribution >= 4 is 11.6 Å². The van der Waals surface area contributed by atoms with Crippen LogP contribution in [0.2, 0.25) is 0 Å². The average Bonchev–Trinajstić information content (AvgIpc) is 2.56. The third kappa shape index (κ3) is 3.40. The number of nitrogens with zero attached hydrogens (tertiary/aromatic N) is 2. The molecular weight excluding hydrogens is 293 g/mol. The number of amides is 1. The van der Waals surface area contributed by atoms with Crippen LogP contribution in [-0.4, -0.2) is 15.9 Å². The van der Waals surface area contributed by atoms with Crippen LogP contribution in [0.15, 0.2) is 60.8 Å². The number of aryl methyl sites for hydroxylation is 1.